The predicted molar refractivity (Wildman–Crippen MR) is 110 cm³/mol. The smallest absolute Gasteiger partial charge is 0.368 e. The Morgan fingerprint density at radius 3 is 2.65 bits per heavy atom. The summed E-state index contributed by atoms with van der Waals surface area (Å²) < 4.78 is 49.5. The van der Waals surface area contributed by atoms with Crippen molar-refractivity contribution in [1.82, 2.24) is 10.1 Å². The van der Waals surface area contributed by atoms with Gasteiger partial charge >= 0.3 is 6.18 Å². The van der Waals surface area contributed by atoms with Crippen LogP contribution in [0.4, 0.5) is 18.9 Å². The first-order chi connectivity index (χ1) is 14.9. The second kappa shape index (κ2) is 9.11. The van der Waals surface area contributed by atoms with E-state index in [0.717, 1.165) is 17.0 Å². The zero-order valence-electron chi connectivity index (χ0n) is 16.5. The van der Waals surface area contributed by atoms with Crippen molar-refractivity contribution in [2.75, 3.05) is 37.7 Å². The first-order valence-electron chi connectivity index (χ1n) is 9.67. The lowest BCUT2D eigenvalue weighted by Gasteiger charge is -2.36. The average Bonchev–Trinajstić information content (AvgIpc) is 3.45. The van der Waals surface area contributed by atoms with Crippen molar-refractivity contribution in [2.45, 2.75) is 12.8 Å². The summed E-state index contributed by atoms with van der Waals surface area (Å²) in [6.45, 7) is 1.83. The summed E-state index contributed by atoms with van der Waals surface area (Å²) in [5, 5.41) is 5.89. The Labute approximate surface area is 180 Å². The molecule has 1 saturated heterocycles. The molecule has 1 fully saturated rings. The number of nitrogens with zero attached hydrogens (tertiary/aromatic N) is 3. The zero-order valence-corrected chi connectivity index (χ0v) is 17.3. The third kappa shape index (κ3) is 5.26. The van der Waals surface area contributed by atoms with Crippen molar-refractivity contribution in [1.29, 1.82) is 0 Å². The quantitative estimate of drug-likeness (QED) is 0.560. The van der Waals surface area contributed by atoms with E-state index in [4.69, 9.17) is 9.26 Å². The van der Waals surface area contributed by atoms with Crippen molar-refractivity contribution in [3.05, 3.63) is 59.1 Å². The van der Waals surface area contributed by atoms with Crippen LogP contribution in [0, 0.1) is 0 Å². The molecule has 0 N–H and O–H groups in total. The van der Waals surface area contributed by atoms with Gasteiger partial charge < -0.3 is 19.1 Å². The molecular weight excluding hydrogens is 431 g/mol. The largest absolute Gasteiger partial charge is 0.416 e. The van der Waals surface area contributed by atoms with E-state index in [2.05, 4.69) is 5.16 Å². The summed E-state index contributed by atoms with van der Waals surface area (Å²) in [6, 6.07) is 10.9. The van der Waals surface area contributed by atoms with Gasteiger partial charge in [-0.3, -0.25) is 4.79 Å². The molecule has 164 valence electrons. The second-order valence-corrected chi connectivity index (χ2v) is 8.02. The number of piperazine rings is 1. The fourth-order valence-electron chi connectivity index (χ4n) is 3.34. The highest BCUT2D eigenvalue weighted by molar-refractivity contribution is 7.13. The number of hydrogen-bond acceptors (Lipinski definition) is 6. The Bertz CT molecular complexity index is 1010. The SMILES string of the molecule is O=C(COCc1cc(-c2cccs2)on1)N1CCN(c2cccc(C(F)(F)F)c2)CC1. The first kappa shape index (κ1) is 21.4. The number of alkyl halides is 3. The van der Waals surface area contributed by atoms with E-state index in [9.17, 15) is 18.0 Å². The van der Waals surface area contributed by atoms with Crippen LogP contribution in [-0.4, -0.2) is 48.7 Å². The maximum atomic E-state index is 12.9. The minimum Gasteiger partial charge on any atom is -0.368 e. The van der Waals surface area contributed by atoms with Crippen molar-refractivity contribution >= 4 is 22.9 Å². The van der Waals surface area contributed by atoms with Gasteiger partial charge in [0.15, 0.2) is 5.76 Å². The van der Waals surface area contributed by atoms with Crippen LogP contribution in [-0.2, 0) is 22.3 Å². The number of benzene rings is 1. The Kier molecular flexibility index (Phi) is 6.28. The molecule has 1 aromatic carbocycles. The van der Waals surface area contributed by atoms with Gasteiger partial charge in [-0.15, -0.1) is 11.3 Å². The third-order valence-corrected chi connectivity index (χ3v) is 5.85. The molecule has 4 rings (SSSR count). The highest BCUT2D eigenvalue weighted by Gasteiger charge is 2.31. The standard InChI is InChI=1S/C21H20F3N3O3S/c22-21(23,24)15-3-1-4-17(11-15)26-6-8-27(9-7-26)20(28)14-29-13-16-12-18(30-25-16)19-5-2-10-31-19/h1-5,10-12H,6-9,13-14H2. The van der Waals surface area contributed by atoms with Gasteiger partial charge in [0.05, 0.1) is 17.0 Å². The van der Waals surface area contributed by atoms with E-state index in [1.165, 1.54) is 6.07 Å². The van der Waals surface area contributed by atoms with Crippen LogP contribution in [0.3, 0.4) is 0 Å². The van der Waals surface area contributed by atoms with Gasteiger partial charge in [0.2, 0.25) is 5.91 Å². The predicted octanol–water partition coefficient (Wildman–Crippen LogP) is 4.29. The van der Waals surface area contributed by atoms with Crippen molar-refractivity contribution < 1.29 is 27.2 Å². The summed E-state index contributed by atoms with van der Waals surface area (Å²) in [5.41, 5.74) is 0.434. The number of amides is 1. The van der Waals surface area contributed by atoms with Gasteiger partial charge in [-0.2, -0.15) is 13.2 Å². The van der Waals surface area contributed by atoms with Crippen LogP contribution in [0.15, 0.2) is 52.4 Å². The normalized spacial score (nSPS) is 14.8. The van der Waals surface area contributed by atoms with Crippen molar-refractivity contribution in [3.8, 4) is 10.6 Å². The summed E-state index contributed by atoms with van der Waals surface area (Å²) in [5.74, 6) is 0.497. The van der Waals surface area contributed by atoms with Gasteiger partial charge in [0, 0.05) is 37.9 Å². The summed E-state index contributed by atoms with van der Waals surface area (Å²) >= 11 is 1.54. The van der Waals surface area contributed by atoms with E-state index in [0.29, 0.717) is 43.3 Å². The van der Waals surface area contributed by atoms with Crippen molar-refractivity contribution in [3.63, 3.8) is 0 Å². The lowest BCUT2D eigenvalue weighted by Crippen LogP contribution is -2.49. The van der Waals surface area contributed by atoms with Gasteiger partial charge in [0.1, 0.15) is 12.3 Å². The second-order valence-electron chi connectivity index (χ2n) is 7.07. The Morgan fingerprint density at radius 1 is 1.13 bits per heavy atom. The summed E-state index contributed by atoms with van der Waals surface area (Å²) in [7, 11) is 0. The topological polar surface area (TPSA) is 58.8 Å². The van der Waals surface area contributed by atoms with Crippen LogP contribution < -0.4 is 4.90 Å². The van der Waals surface area contributed by atoms with Crippen LogP contribution in [0.25, 0.3) is 10.6 Å². The number of carbonyl (C=O) groups is 1. The lowest BCUT2D eigenvalue weighted by molar-refractivity contribution is -0.137. The molecule has 0 aliphatic carbocycles. The maximum absolute atomic E-state index is 12.9. The monoisotopic (exact) mass is 451 g/mol. The van der Waals surface area contributed by atoms with Crippen LogP contribution >= 0.6 is 11.3 Å². The molecule has 0 unspecified atom stereocenters. The molecule has 1 aliphatic rings. The molecule has 0 saturated carbocycles. The molecule has 10 heteroatoms. The molecule has 0 atom stereocenters. The number of aromatic nitrogens is 1. The summed E-state index contributed by atoms with van der Waals surface area (Å²) in [6.07, 6.45) is -4.38. The van der Waals surface area contributed by atoms with Crippen molar-refractivity contribution in [2.24, 2.45) is 0 Å². The molecule has 1 aliphatic heterocycles. The highest BCUT2D eigenvalue weighted by Crippen LogP contribution is 2.32. The van der Waals surface area contributed by atoms with Gasteiger partial charge in [-0.1, -0.05) is 17.3 Å². The fraction of sp³-hybridized carbons (Fsp3) is 0.333. The van der Waals surface area contributed by atoms with Crippen LogP contribution in [0.2, 0.25) is 0 Å². The molecule has 0 bridgehead atoms. The number of anilines is 1. The van der Waals surface area contributed by atoms with Crippen LogP contribution in [0.1, 0.15) is 11.3 Å². The minimum absolute atomic E-state index is 0.0925. The third-order valence-electron chi connectivity index (χ3n) is 4.97. The average molecular weight is 451 g/mol. The number of rotatable bonds is 6. The van der Waals surface area contributed by atoms with E-state index < -0.39 is 11.7 Å². The fourth-order valence-corrected chi connectivity index (χ4v) is 4.02. The highest BCUT2D eigenvalue weighted by atomic mass is 32.1. The zero-order chi connectivity index (χ0) is 21.8. The Hall–Kier alpha value is -2.85. The number of halogens is 3. The van der Waals surface area contributed by atoms with E-state index >= 15 is 0 Å². The van der Waals surface area contributed by atoms with Gasteiger partial charge in [-0.25, -0.2) is 0 Å². The maximum Gasteiger partial charge on any atom is 0.416 e. The lowest BCUT2D eigenvalue weighted by atomic mass is 10.1. The number of ether oxygens (including phenoxy) is 1. The molecule has 2 aromatic heterocycles. The summed E-state index contributed by atoms with van der Waals surface area (Å²) in [4.78, 5) is 16.9. The molecule has 0 radical (unpaired) electrons. The van der Waals surface area contributed by atoms with Gasteiger partial charge in [0.25, 0.3) is 0 Å². The van der Waals surface area contributed by atoms with Crippen LogP contribution in [0.5, 0.6) is 0 Å². The minimum atomic E-state index is -4.38. The molecular formula is C21H20F3N3O3S. The number of thiophene rings is 1. The number of carbonyl (C=O) groups excluding carboxylic acids is 1. The van der Waals surface area contributed by atoms with Gasteiger partial charge in [-0.05, 0) is 29.6 Å². The van der Waals surface area contributed by atoms with E-state index in [1.54, 1.807) is 28.4 Å². The molecule has 0 spiro atoms. The molecule has 3 aromatic rings. The Morgan fingerprint density at radius 2 is 1.94 bits per heavy atom. The van der Waals surface area contributed by atoms with E-state index in [1.807, 2.05) is 22.4 Å². The van der Waals surface area contributed by atoms with E-state index in [-0.39, 0.29) is 19.1 Å². The molecule has 3 heterocycles. The first-order valence-corrected chi connectivity index (χ1v) is 10.6. The molecule has 1 amide bonds. The number of hydrogen-bond donors (Lipinski definition) is 0. The molecule has 6 nitrogen and oxygen atoms in total. The molecule has 31 heavy (non-hydrogen) atoms. The Balaban J connectivity index is 1.23.